The predicted molar refractivity (Wildman–Crippen MR) is 70.0 cm³/mol. The number of carbonyl (C=O) groups is 1. The molecule has 4 rings (SSSR count). The standard InChI is InChI=1S/C15H22N2O/c18-15(14-6-9-1-2-10(14)5-9)17-13-7-11-3-4-12(8-13)16-11/h1-2,9-14,16H,3-8H2,(H,17,18). The van der Waals surface area contributed by atoms with Gasteiger partial charge in [0.05, 0.1) is 0 Å². The van der Waals surface area contributed by atoms with E-state index in [1.54, 1.807) is 0 Å². The molecule has 0 spiro atoms. The van der Waals surface area contributed by atoms with Gasteiger partial charge in [0.2, 0.25) is 5.91 Å². The van der Waals surface area contributed by atoms with Crippen molar-refractivity contribution < 1.29 is 4.79 Å². The number of amides is 1. The molecule has 2 saturated heterocycles. The molecule has 5 atom stereocenters. The normalized spacial score (nSPS) is 48.7. The molecule has 0 radical (unpaired) electrons. The summed E-state index contributed by atoms with van der Waals surface area (Å²) in [4.78, 5) is 12.4. The van der Waals surface area contributed by atoms with Gasteiger partial charge < -0.3 is 10.6 Å². The summed E-state index contributed by atoms with van der Waals surface area (Å²) in [6.45, 7) is 0. The molecule has 4 aliphatic rings. The minimum absolute atomic E-state index is 0.271. The van der Waals surface area contributed by atoms with Crippen LogP contribution in [0.15, 0.2) is 12.2 Å². The van der Waals surface area contributed by atoms with Crippen molar-refractivity contribution in [3.8, 4) is 0 Å². The van der Waals surface area contributed by atoms with E-state index in [1.165, 1.54) is 19.3 Å². The summed E-state index contributed by atoms with van der Waals surface area (Å²) in [5.74, 6) is 1.83. The molecule has 0 aromatic rings. The van der Waals surface area contributed by atoms with Crippen molar-refractivity contribution >= 4 is 5.91 Å². The predicted octanol–water partition coefficient (Wildman–Crippen LogP) is 1.60. The highest BCUT2D eigenvalue weighted by molar-refractivity contribution is 5.80. The average molecular weight is 246 g/mol. The molecule has 0 aromatic carbocycles. The summed E-state index contributed by atoms with van der Waals surface area (Å²) < 4.78 is 0. The van der Waals surface area contributed by atoms with Crippen LogP contribution in [0.3, 0.4) is 0 Å². The van der Waals surface area contributed by atoms with E-state index >= 15 is 0 Å². The third-order valence-corrected chi connectivity index (χ3v) is 5.44. The highest BCUT2D eigenvalue weighted by atomic mass is 16.2. The summed E-state index contributed by atoms with van der Waals surface area (Å²) in [6.07, 6.45) is 11.8. The van der Waals surface area contributed by atoms with Crippen LogP contribution in [0.4, 0.5) is 0 Å². The Kier molecular flexibility index (Phi) is 2.51. The van der Waals surface area contributed by atoms with Gasteiger partial charge in [-0.15, -0.1) is 0 Å². The third kappa shape index (κ3) is 1.80. The molecule has 1 amide bonds. The SMILES string of the molecule is O=C(NC1CC2CCC(C1)N2)C1CC2C=CC1C2. The molecule has 98 valence electrons. The number of rotatable bonds is 2. The summed E-state index contributed by atoms with van der Waals surface area (Å²) >= 11 is 0. The van der Waals surface area contributed by atoms with Crippen LogP contribution in [-0.4, -0.2) is 24.0 Å². The highest BCUT2D eigenvalue weighted by Crippen LogP contribution is 2.43. The van der Waals surface area contributed by atoms with Gasteiger partial charge in [-0.2, -0.15) is 0 Å². The molecule has 4 bridgehead atoms. The lowest BCUT2D eigenvalue weighted by atomic mass is 9.91. The molecule has 2 heterocycles. The Hall–Kier alpha value is -0.830. The molecule has 0 aromatic heterocycles. The molecule has 2 N–H and O–H groups in total. The van der Waals surface area contributed by atoms with Gasteiger partial charge in [0.1, 0.15) is 0 Å². The minimum atomic E-state index is 0.271. The monoisotopic (exact) mass is 246 g/mol. The summed E-state index contributed by atoms with van der Waals surface area (Å²) in [7, 11) is 0. The lowest BCUT2D eigenvalue weighted by Gasteiger charge is -2.31. The van der Waals surface area contributed by atoms with Crippen molar-refractivity contribution in [2.24, 2.45) is 17.8 Å². The second-order valence-electron chi connectivity index (χ2n) is 6.70. The first kappa shape index (κ1) is 11.0. The Morgan fingerprint density at radius 1 is 1.06 bits per heavy atom. The number of piperidine rings is 1. The van der Waals surface area contributed by atoms with Crippen LogP contribution in [0.5, 0.6) is 0 Å². The van der Waals surface area contributed by atoms with Gasteiger partial charge in [-0.05, 0) is 50.4 Å². The number of carbonyl (C=O) groups excluding carboxylic acids is 1. The van der Waals surface area contributed by atoms with Crippen molar-refractivity contribution in [3.63, 3.8) is 0 Å². The number of fused-ring (bicyclic) bond motifs is 4. The quantitative estimate of drug-likeness (QED) is 0.727. The second kappa shape index (κ2) is 4.09. The number of hydrogen-bond acceptors (Lipinski definition) is 2. The maximum absolute atomic E-state index is 12.4. The van der Waals surface area contributed by atoms with E-state index in [0.29, 0.717) is 35.9 Å². The fraction of sp³-hybridized carbons (Fsp3) is 0.800. The molecule has 5 unspecified atom stereocenters. The molecular formula is C15H22N2O. The zero-order valence-corrected chi connectivity index (χ0v) is 10.8. The van der Waals surface area contributed by atoms with Crippen molar-refractivity contribution in [2.75, 3.05) is 0 Å². The van der Waals surface area contributed by atoms with E-state index in [2.05, 4.69) is 22.8 Å². The average Bonchev–Trinajstić information content (AvgIpc) is 3.05. The summed E-state index contributed by atoms with van der Waals surface area (Å²) in [5.41, 5.74) is 0. The Labute approximate surface area is 108 Å². The van der Waals surface area contributed by atoms with E-state index in [9.17, 15) is 4.79 Å². The van der Waals surface area contributed by atoms with Crippen molar-refractivity contribution in [3.05, 3.63) is 12.2 Å². The first-order chi connectivity index (χ1) is 8.78. The van der Waals surface area contributed by atoms with E-state index in [1.807, 2.05) is 0 Å². The zero-order valence-electron chi connectivity index (χ0n) is 10.8. The van der Waals surface area contributed by atoms with Gasteiger partial charge in [0, 0.05) is 24.0 Å². The molecule has 3 nitrogen and oxygen atoms in total. The maximum atomic E-state index is 12.4. The molecule has 2 aliphatic carbocycles. The first-order valence-electron chi connectivity index (χ1n) is 7.52. The van der Waals surface area contributed by atoms with Crippen LogP contribution < -0.4 is 10.6 Å². The van der Waals surface area contributed by atoms with E-state index in [0.717, 1.165) is 19.3 Å². The van der Waals surface area contributed by atoms with Crippen molar-refractivity contribution in [2.45, 2.75) is 56.7 Å². The zero-order chi connectivity index (χ0) is 12.1. The second-order valence-corrected chi connectivity index (χ2v) is 6.70. The summed E-state index contributed by atoms with van der Waals surface area (Å²) in [6, 6.07) is 1.75. The van der Waals surface area contributed by atoms with Gasteiger partial charge >= 0.3 is 0 Å². The van der Waals surface area contributed by atoms with Gasteiger partial charge in [-0.3, -0.25) is 4.79 Å². The van der Waals surface area contributed by atoms with Crippen LogP contribution >= 0.6 is 0 Å². The Morgan fingerprint density at radius 2 is 1.83 bits per heavy atom. The molecule has 1 saturated carbocycles. The Balaban J connectivity index is 1.37. The van der Waals surface area contributed by atoms with E-state index in [4.69, 9.17) is 0 Å². The summed E-state index contributed by atoms with van der Waals surface area (Å²) in [5, 5.41) is 6.96. The molecular weight excluding hydrogens is 224 g/mol. The van der Waals surface area contributed by atoms with E-state index in [-0.39, 0.29) is 5.92 Å². The van der Waals surface area contributed by atoms with Crippen LogP contribution in [0.25, 0.3) is 0 Å². The van der Waals surface area contributed by atoms with Crippen LogP contribution in [-0.2, 0) is 4.79 Å². The first-order valence-corrected chi connectivity index (χ1v) is 7.52. The number of hydrogen-bond donors (Lipinski definition) is 2. The smallest absolute Gasteiger partial charge is 0.223 e. The van der Waals surface area contributed by atoms with Crippen molar-refractivity contribution in [1.82, 2.24) is 10.6 Å². The Bertz CT molecular complexity index is 380. The van der Waals surface area contributed by atoms with Crippen molar-refractivity contribution in [1.29, 1.82) is 0 Å². The largest absolute Gasteiger partial charge is 0.353 e. The fourth-order valence-electron chi connectivity index (χ4n) is 4.57. The van der Waals surface area contributed by atoms with Gasteiger partial charge in [-0.25, -0.2) is 0 Å². The van der Waals surface area contributed by atoms with E-state index < -0.39 is 0 Å². The molecule has 2 aliphatic heterocycles. The fourth-order valence-corrected chi connectivity index (χ4v) is 4.57. The maximum Gasteiger partial charge on any atom is 0.223 e. The molecule has 3 heteroatoms. The van der Waals surface area contributed by atoms with Gasteiger partial charge in [-0.1, -0.05) is 12.2 Å². The van der Waals surface area contributed by atoms with Crippen LogP contribution in [0, 0.1) is 17.8 Å². The van der Waals surface area contributed by atoms with Crippen LogP contribution in [0.1, 0.15) is 38.5 Å². The Morgan fingerprint density at radius 3 is 2.44 bits per heavy atom. The van der Waals surface area contributed by atoms with Gasteiger partial charge in [0.25, 0.3) is 0 Å². The third-order valence-electron chi connectivity index (χ3n) is 5.44. The minimum Gasteiger partial charge on any atom is -0.353 e. The lowest BCUT2D eigenvalue weighted by molar-refractivity contribution is -0.126. The highest BCUT2D eigenvalue weighted by Gasteiger charge is 2.41. The lowest BCUT2D eigenvalue weighted by Crippen LogP contribution is -2.49. The van der Waals surface area contributed by atoms with Crippen LogP contribution in [0.2, 0.25) is 0 Å². The number of nitrogens with one attached hydrogen (secondary N) is 2. The molecule has 18 heavy (non-hydrogen) atoms. The topological polar surface area (TPSA) is 41.1 Å². The van der Waals surface area contributed by atoms with Gasteiger partial charge in [0.15, 0.2) is 0 Å². The molecule has 3 fully saturated rings. The number of allylic oxidation sites excluding steroid dienone is 2.